The van der Waals surface area contributed by atoms with Crippen molar-refractivity contribution in [1.82, 2.24) is 4.57 Å². The molecule has 1 aromatic heterocycles. The molecule has 2 rings (SSSR count). The van der Waals surface area contributed by atoms with Gasteiger partial charge in [-0.15, -0.1) is 0 Å². The van der Waals surface area contributed by atoms with Gasteiger partial charge in [0.2, 0.25) is 0 Å². The van der Waals surface area contributed by atoms with E-state index in [1.54, 1.807) is 22.9 Å². The second-order valence-electron chi connectivity index (χ2n) is 5.09. The van der Waals surface area contributed by atoms with Crippen LogP contribution in [0.3, 0.4) is 0 Å². The zero-order chi connectivity index (χ0) is 15.9. The third-order valence-corrected chi connectivity index (χ3v) is 3.29. The molecule has 1 heterocycles. The van der Waals surface area contributed by atoms with Crippen LogP contribution in [0, 0.1) is 6.92 Å². The van der Waals surface area contributed by atoms with Crippen LogP contribution in [0.1, 0.15) is 18.9 Å². The summed E-state index contributed by atoms with van der Waals surface area (Å²) >= 11 is 0. The van der Waals surface area contributed by atoms with Crippen molar-refractivity contribution in [3.63, 3.8) is 0 Å². The highest BCUT2D eigenvalue weighted by atomic mass is 16.5. The predicted molar refractivity (Wildman–Crippen MR) is 87.6 cm³/mol. The predicted octanol–water partition coefficient (Wildman–Crippen LogP) is 2.61. The molecule has 0 bridgehead atoms. The molecule has 118 valence electrons. The highest BCUT2D eigenvalue weighted by Gasteiger charge is 2.04. The monoisotopic (exact) mass is 302 g/mol. The summed E-state index contributed by atoms with van der Waals surface area (Å²) in [5.74, 6) is 1.13. The number of hydrogen-bond donors (Lipinski definition) is 1. The van der Waals surface area contributed by atoms with E-state index in [1.165, 1.54) is 0 Å². The Balaban J connectivity index is 1.96. The Bertz CT molecular complexity index is 680. The molecule has 5 heteroatoms. The maximum atomic E-state index is 12.2. The van der Waals surface area contributed by atoms with Crippen molar-refractivity contribution >= 4 is 5.69 Å². The van der Waals surface area contributed by atoms with Gasteiger partial charge < -0.3 is 19.8 Å². The van der Waals surface area contributed by atoms with Gasteiger partial charge in [-0.25, -0.2) is 0 Å². The van der Waals surface area contributed by atoms with Crippen molar-refractivity contribution in [3.8, 4) is 11.5 Å². The van der Waals surface area contributed by atoms with Gasteiger partial charge in [0.15, 0.2) is 5.75 Å². The zero-order valence-corrected chi connectivity index (χ0v) is 13.0. The molecular formula is C17H22N2O3. The molecule has 2 N–H and O–H groups in total. The number of rotatable bonds is 7. The number of nitrogens with zero attached hydrogens (tertiary/aromatic N) is 1. The molecule has 0 aliphatic rings. The van der Waals surface area contributed by atoms with Crippen molar-refractivity contribution in [1.29, 1.82) is 0 Å². The number of nitrogen functional groups attached to an aromatic ring is 1. The van der Waals surface area contributed by atoms with Gasteiger partial charge in [0, 0.05) is 11.9 Å². The van der Waals surface area contributed by atoms with E-state index in [0.717, 1.165) is 23.4 Å². The highest BCUT2D eigenvalue weighted by Crippen LogP contribution is 2.18. The van der Waals surface area contributed by atoms with Crippen LogP contribution in [0.2, 0.25) is 0 Å². The largest absolute Gasteiger partial charge is 0.492 e. The summed E-state index contributed by atoms with van der Waals surface area (Å²) in [7, 11) is 0. The summed E-state index contributed by atoms with van der Waals surface area (Å²) in [6.07, 6.45) is 2.60. The summed E-state index contributed by atoms with van der Waals surface area (Å²) in [5, 5.41) is 0. The molecule has 0 spiro atoms. The van der Waals surface area contributed by atoms with Gasteiger partial charge in [-0.05, 0) is 49.2 Å². The topological polar surface area (TPSA) is 66.5 Å². The molecule has 0 saturated carbocycles. The minimum absolute atomic E-state index is 0.131. The Hall–Kier alpha value is -2.43. The maximum Gasteiger partial charge on any atom is 0.292 e. The Kier molecular flexibility index (Phi) is 5.47. The molecular weight excluding hydrogens is 280 g/mol. The third-order valence-electron chi connectivity index (χ3n) is 3.29. The quantitative estimate of drug-likeness (QED) is 0.798. The van der Waals surface area contributed by atoms with Crippen LogP contribution in [-0.2, 0) is 6.54 Å². The average molecular weight is 302 g/mol. The number of aromatic nitrogens is 1. The minimum Gasteiger partial charge on any atom is -0.492 e. The van der Waals surface area contributed by atoms with Crippen LogP contribution in [-0.4, -0.2) is 17.8 Å². The summed E-state index contributed by atoms with van der Waals surface area (Å²) in [6, 6.07) is 9.03. The van der Waals surface area contributed by atoms with Crippen LogP contribution in [0.4, 0.5) is 5.69 Å². The Morgan fingerprint density at radius 2 is 2.00 bits per heavy atom. The number of anilines is 1. The molecule has 0 atom stereocenters. The molecule has 0 aliphatic heterocycles. The van der Waals surface area contributed by atoms with Crippen LogP contribution in [0.15, 0.2) is 41.3 Å². The third kappa shape index (κ3) is 4.04. The lowest BCUT2D eigenvalue weighted by Crippen LogP contribution is -2.24. The molecule has 0 saturated heterocycles. The average Bonchev–Trinajstić information content (AvgIpc) is 2.51. The number of benzene rings is 1. The van der Waals surface area contributed by atoms with Gasteiger partial charge in [-0.1, -0.05) is 6.92 Å². The number of hydrogen-bond acceptors (Lipinski definition) is 4. The molecule has 0 fully saturated rings. The zero-order valence-electron chi connectivity index (χ0n) is 13.0. The molecule has 22 heavy (non-hydrogen) atoms. The fourth-order valence-electron chi connectivity index (χ4n) is 2.01. The number of nitrogens with two attached hydrogens (primary N) is 1. The Morgan fingerprint density at radius 3 is 2.73 bits per heavy atom. The lowest BCUT2D eigenvalue weighted by Gasteiger charge is -2.11. The van der Waals surface area contributed by atoms with Gasteiger partial charge in [-0.3, -0.25) is 4.79 Å². The second-order valence-corrected chi connectivity index (χ2v) is 5.09. The molecule has 0 unspecified atom stereocenters. The van der Waals surface area contributed by atoms with E-state index < -0.39 is 0 Å². The van der Waals surface area contributed by atoms with E-state index >= 15 is 0 Å². The lowest BCUT2D eigenvalue weighted by molar-refractivity contribution is 0.287. The maximum absolute atomic E-state index is 12.2. The first-order chi connectivity index (χ1) is 10.6. The van der Waals surface area contributed by atoms with Crippen LogP contribution in [0.5, 0.6) is 11.5 Å². The van der Waals surface area contributed by atoms with Crippen molar-refractivity contribution in [2.45, 2.75) is 26.8 Å². The summed E-state index contributed by atoms with van der Waals surface area (Å²) in [6.45, 7) is 5.34. The van der Waals surface area contributed by atoms with Crippen molar-refractivity contribution in [3.05, 3.63) is 52.4 Å². The van der Waals surface area contributed by atoms with E-state index in [9.17, 15) is 4.79 Å². The molecule has 2 aromatic rings. The van der Waals surface area contributed by atoms with E-state index in [4.69, 9.17) is 15.2 Å². The van der Waals surface area contributed by atoms with E-state index in [-0.39, 0.29) is 5.56 Å². The number of aryl methyl sites for hydroxylation is 1. The Labute approximate surface area is 130 Å². The van der Waals surface area contributed by atoms with Crippen molar-refractivity contribution in [2.75, 3.05) is 18.9 Å². The molecule has 0 aliphatic carbocycles. The molecule has 0 radical (unpaired) electrons. The van der Waals surface area contributed by atoms with Gasteiger partial charge in [0.1, 0.15) is 12.4 Å². The molecule has 5 nitrogen and oxygen atoms in total. The first kappa shape index (κ1) is 15.9. The van der Waals surface area contributed by atoms with Gasteiger partial charge in [-0.2, -0.15) is 0 Å². The van der Waals surface area contributed by atoms with Crippen molar-refractivity contribution in [2.24, 2.45) is 0 Å². The van der Waals surface area contributed by atoms with E-state index in [1.807, 2.05) is 32.0 Å². The van der Waals surface area contributed by atoms with Gasteiger partial charge >= 0.3 is 0 Å². The summed E-state index contributed by atoms with van der Waals surface area (Å²) < 4.78 is 12.7. The number of ether oxygens (including phenoxy) is 2. The fourth-order valence-corrected chi connectivity index (χ4v) is 2.01. The number of pyridine rings is 1. The van der Waals surface area contributed by atoms with E-state index in [0.29, 0.717) is 25.5 Å². The van der Waals surface area contributed by atoms with Gasteiger partial charge in [0.25, 0.3) is 5.56 Å². The minimum atomic E-state index is -0.131. The normalized spacial score (nSPS) is 10.5. The van der Waals surface area contributed by atoms with E-state index in [2.05, 4.69) is 0 Å². The summed E-state index contributed by atoms with van der Waals surface area (Å²) in [5.41, 5.74) is 7.36. The smallest absolute Gasteiger partial charge is 0.292 e. The Morgan fingerprint density at radius 1 is 1.18 bits per heavy atom. The first-order valence-electron chi connectivity index (χ1n) is 7.43. The standard InChI is InChI=1S/C17H22N2O3/c1-3-10-22-16-5-4-8-19(17(16)20)9-11-21-14-6-7-15(18)13(2)12-14/h4-8,12H,3,9-11,18H2,1-2H3. The SMILES string of the molecule is CCCOc1cccn(CCOc2ccc(N)c(C)c2)c1=O. The highest BCUT2D eigenvalue weighted by molar-refractivity contribution is 5.49. The van der Waals surface area contributed by atoms with Crippen LogP contribution in [0.25, 0.3) is 0 Å². The summed E-state index contributed by atoms with van der Waals surface area (Å²) in [4.78, 5) is 12.2. The molecule has 0 amide bonds. The lowest BCUT2D eigenvalue weighted by atomic mass is 10.2. The van der Waals surface area contributed by atoms with Crippen molar-refractivity contribution < 1.29 is 9.47 Å². The fraction of sp³-hybridized carbons (Fsp3) is 0.353. The first-order valence-corrected chi connectivity index (χ1v) is 7.43. The second kappa shape index (κ2) is 7.54. The molecule has 1 aromatic carbocycles. The van der Waals surface area contributed by atoms with Gasteiger partial charge in [0.05, 0.1) is 13.2 Å². The van der Waals surface area contributed by atoms with Crippen LogP contribution < -0.4 is 20.8 Å². The van der Waals surface area contributed by atoms with Crippen LogP contribution >= 0.6 is 0 Å².